The van der Waals surface area contributed by atoms with Crippen molar-refractivity contribution in [3.05, 3.63) is 100 Å². The van der Waals surface area contributed by atoms with E-state index >= 15 is 0 Å². The molecule has 200 valence electrons. The van der Waals surface area contributed by atoms with E-state index in [0.29, 0.717) is 31.7 Å². The number of halogens is 2. The van der Waals surface area contributed by atoms with Gasteiger partial charge in [-0.25, -0.2) is 8.78 Å². The van der Waals surface area contributed by atoms with Gasteiger partial charge >= 0.3 is 7.60 Å². The molecule has 0 amide bonds. The normalized spacial score (nSPS) is 12.5. The van der Waals surface area contributed by atoms with Gasteiger partial charge in [0.25, 0.3) is 0 Å². The Morgan fingerprint density at radius 3 is 2.35 bits per heavy atom. The minimum atomic E-state index is -3.93. The van der Waals surface area contributed by atoms with Gasteiger partial charge in [0.05, 0.1) is 12.8 Å². The van der Waals surface area contributed by atoms with Crippen molar-refractivity contribution in [3.63, 3.8) is 0 Å². The molecule has 0 spiro atoms. The number of hydrogen-bond acceptors (Lipinski definition) is 3. The molecular formula is C29H36F2NO4P. The van der Waals surface area contributed by atoms with Crippen LogP contribution in [0.15, 0.2) is 60.7 Å². The Kier molecular flexibility index (Phi) is 10.8. The number of unbranched alkanes of at least 4 members (excludes halogenated alkanes) is 1. The number of aryl methyl sites for hydroxylation is 2. The van der Waals surface area contributed by atoms with Crippen LogP contribution >= 0.6 is 7.60 Å². The topological polar surface area (TPSA) is 78.8 Å². The minimum absolute atomic E-state index is 0.114. The molecule has 37 heavy (non-hydrogen) atoms. The molecule has 3 N–H and O–H groups in total. The van der Waals surface area contributed by atoms with Crippen molar-refractivity contribution in [2.24, 2.45) is 0 Å². The summed E-state index contributed by atoms with van der Waals surface area (Å²) in [7, 11) is -3.93. The molecule has 8 heteroatoms. The zero-order valence-corrected chi connectivity index (χ0v) is 22.3. The number of rotatable bonds is 14. The van der Waals surface area contributed by atoms with E-state index in [9.17, 15) is 13.3 Å². The molecule has 0 aliphatic carbocycles. The first-order valence-corrected chi connectivity index (χ1v) is 14.4. The zero-order chi connectivity index (χ0) is 26.8. The summed E-state index contributed by atoms with van der Waals surface area (Å²) < 4.78 is 44.9. The van der Waals surface area contributed by atoms with E-state index in [1.54, 1.807) is 6.07 Å². The van der Waals surface area contributed by atoms with Gasteiger partial charge in [-0.15, -0.1) is 0 Å². The molecule has 1 unspecified atom stereocenters. The SMILES string of the molecule is Cc1ccc(C(CCCCOc2ccc(CNCCCP(=O)(O)O)cc2)c2ccc(F)cc2F)cc1C. The maximum Gasteiger partial charge on any atom is 0.325 e. The maximum atomic E-state index is 14.7. The summed E-state index contributed by atoms with van der Waals surface area (Å²) in [6, 6.07) is 17.7. The van der Waals surface area contributed by atoms with Gasteiger partial charge in [0, 0.05) is 18.5 Å². The Hall–Kier alpha value is -2.57. The lowest BCUT2D eigenvalue weighted by molar-refractivity contribution is 0.304. The molecule has 0 bridgehead atoms. The smallest absolute Gasteiger partial charge is 0.325 e. The largest absolute Gasteiger partial charge is 0.494 e. The molecule has 0 aromatic heterocycles. The van der Waals surface area contributed by atoms with Gasteiger partial charge in [0.1, 0.15) is 17.4 Å². The first kappa shape index (κ1) is 29.0. The highest BCUT2D eigenvalue weighted by atomic mass is 31.2. The Bertz CT molecular complexity index is 1200. The maximum absolute atomic E-state index is 14.7. The van der Waals surface area contributed by atoms with Gasteiger partial charge in [0.15, 0.2) is 0 Å². The van der Waals surface area contributed by atoms with Crippen LogP contribution < -0.4 is 10.1 Å². The van der Waals surface area contributed by atoms with Gasteiger partial charge in [0.2, 0.25) is 0 Å². The van der Waals surface area contributed by atoms with Crippen molar-refractivity contribution in [2.75, 3.05) is 19.3 Å². The van der Waals surface area contributed by atoms with Crippen molar-refractivity contribution in [1.29, 1.82) is 0 Å². The van der Waals surface area contributed by atoms with Crippen molar-refractivity contribution in [3.8, 4) is 5.75 Å². The molecule has 5 nitrogen and oxygen atoms in total. The van der Waals surface area contributed by atoms with E-state index in [2.05, 4.69) is 11.4 Å². The summed E-state index contributed by atoms with van der Waals surface area (Å²) in [4.78, 5) is 17.8. The highest BCUT2D eigenvalue weighted by molar-refractivity contribution is 7.51. The van der Waals surface area contributed by atoms with E-state index in [1.807, 2.05) is 50.2 Å². The summed E-state index contributed by atoms with van der Waals surface area (Å²) in [5.41, 5.74) is 4.92. The van der Waals surface area contributed by atoms with Crippen molar-refractivity contribution < 1.29 is 27.9 Å². The fraction of sp³-hybridized carbons (Fsp3) is 0.379. The Balaban J connectivity index is 1.48. The van der Waals surface area contributed by atoms with Crippen LogP contribution in [0.4, 0.5) is 8.78 Å². The molecule has 0 heterocycles. The second-order valence-corrected chi connectivity index (χ2v) is 11.2. The van der Waals surface area contributed by atoms with E-state index in [0.717, 1.165) is 47.8 Å². The molecule has 1 atom stereocenters. The highest BCUT2D eigenvalue weighted by Crippen LogP contribution is 2.35. The van der Waals surface area contributed by atoms with Gasteiger partial charge in [-0.2, -0.15) is 0 Å². The summed E-state index contributed by atoms with van der Waals surface area (Å²) in [5, 5.41) is 3.17. The monoisotopic (exact) mass is 531 g/mol. The molecule has 3 aromatic rings. The second kappa shape index (κ2) is 13.8. The molecular weight excluding hydrogens is 495 g/mol. The van der Waals surface area contributed by atoms with Crippen molar-refractivity contribution in [2.45, 2.75) is 52.0 Å². The number of benzene rings is 3. The molecule has 3 rings (SSSR count). The fourth-order valence-corrected chi connectivity index (χ4v) is 4.82. The van der Waals surface area contributed by atoms with Crippen LogP contribution in [0, 0.1) is 25.5 Å². The first-order valence-electron chi connectivity index (χ1n) is 12.6. The molecule has 0 saturated heterocycles. The average molecular weight is 532 g/mol. The van der Waals surface area contributed by atoms with E-state index < -0.39 is 19.2 Å². The summed E-state index contributed by atoms with van der Waals surface area (Å²) in [6.45, 7) is 5.77. The van der Waals surface area contributed by atoms with Gasteiger partial charge < -0.3 is 19.8 Å². The first-order chi connectivity index (χ1) is 17.6. The van der Waals surface area contributed by atoms with Crippen LogP contribution in [0.3, 0.4) is 0 Å². The van der Waals surface area contributed by atoms with Crippen molar-refractivity contribution in [1.82, 2.24) is 5.32 Å². The van der Waals surface area contributed by atoms with Crippen LogP contribution in [-0.2, 0) is 11.1 Å². The fourth-order valence-electron chi connectivity index (χ4n) is 4.25. The predicted octanol–water partition coefficient (Wildman–Crippen LogP) is 6.62. The molecule has 0 saturated carbocycles. The molecule has 0 aliphatic rings. The summed E-state index contributed by atoms with van der Waals surface area (Å²) >= 11 is 0. The zero-order valence-electron chi connectivity index (χ0n) is 21.4. The van der Waals surface area contributed by atoms with E-state index in [-0.39, 0.29) is 12.1 Å². The predicted molar refractivity (Wildman–Crippen MR) is 143 cm³/mol. The standard InChI is InChI=1S/C29H36F2NO4P/c1-21-7-10-24(18-22(21)2)27(28-14-11-25(30)19-29(28)31)6-3-4-16-36-26-12-8-23(9-13-26)20-32-15-5-17-37(33,34)35/h7-14,18-19,27,32H,3-6,15-17,20H2,1-2H3,(H2,33,34,35). The number of hydrogen-bond donors (Lipinski definition) is 3. The molecule has 0 aliphatic heterocycles. The van der Waals surface area contributed by atoms with E-state index in [1.165, 1.54) is 11.6 Å². The van der Waals surface area contributed by atoms with Gasteiger partial charge in [-0.3, -0.25) is 4.57 Å². The van der Waals surface area contributed by atoms with Gasteiger partial charge in [-0.05, 0) is 92.1 Å². The van der Waals surface area contributed by atoms with Crippen LogP contribution in [0.1, 0.15) is 59.4 Å². The number of nitrogens with one attached hydrogen (secondary N) is 1. The minimum Gasteiger partial charge on any atom is -0.494 e. The lowest BCUT2D eigenvalue weighted by atomic mass is 9.85. The Morgan fingerprint density at radius 1 is 0.919 bits per heavy atom. The van der Waals surface area contributed by atoms with Crippen LogP contribution in [0.5, 0.6) is 5.75 Å². The lowest BCUT2D eigenvalue weighted by Gasteiger charge is -2.20. The molecule has 0 fully saturated rings. The Labute approximate surface area is 218 Å². The average Bonchev–Trinajstić information content (AvgIpc) is 2.84. The van der Waals surface area contributed by atoms with E-state index in [4.69, 9.17) is 14.5 Å². The Morgan fingerprint density at radius 2 is 1.68 bits per heavy atom. The molecule has 3 aromatic carbocycles. The quantitative estimate of drug-likeness (QED) is 0.161. The second-order valence-electron chi connectivity index (χ2n) is 9.47. The van der Waals surface area contributed by atoms with Crippen LogP contribution in [0.2, 0.25) is 0 Å². The summed E-state index contributed by atoms with van der Waals surface area (Å²) in [5.74, 6) is -0.486. The van der Waals surface area contributed by atoms with Gasteiger partial charge in [-0.1, -0.05) is 36.4 Å². The third-order valence-corrected chi connectivity index (χ3v) is 7.38. The third-order valence-electron chi connectivity index (χ3n) is 6.48. The summed E-state index contributed by atoms with van der Waals surface area (Å²) in [6.07, 6.45) is 2.65. The lowest BCUT2D eigenvalue weighted by Crippen LogP contribution is -2.15. The third kappa shape index (κ3) is 9.67. The van der Waals surface area contributed by atoms with Crippen LogP contribution in [0.25, 0.3) is 0 Å². The van der Waals surface area contributed by atoms with Crippen molar-refractivity contribution >= 4 is 7.60 Å². The molecule has 0 radical (unpaired) electrons. The highest BCUT2D eigenvalue weighted by Gasteiger charge is 2.19. The van der Waals surface area contributed by atoms with Crippen LogP contribution in [-0.4, -0.2) is 29.1 Å². The number of ether oxygens (including phenoxy) is 1.